The predicted molar refractivity (Wildman–Crippen MR) is 207 cm³/mol. The van der Waals surface area contributed by atoms with Gasteiger partial charge in [-0.1, -0.05) is 43.0 Å². The van der Waals surface area contributed by atoms with E-state index in [2.05, 4.69) is 6.58 Å². The van der Waals surface area contributed by atoms with Crippen LogP contribution in [-0.2, 0) is 61.9 Å². The van der Waals surface area contributed by atoms with Gasteiger partial charge in [-0.2, -0.15) is 0 Å². The normalized spacial score (nSPS) is 39.6. The van der Waals surface area contributed by atoms with E-state index in [4.69, 9.17) is 33.2 Å². The summed E-state index contributed by atoms with van der Waals surface area (Å²) in [5, 5.41) is 0. The first-order valence-corrected chi connectivity index (χ1v) is 20.1. The first-order chi connectivity index (χ1) is 28.9. The van der Waals surface area contributed by atoms with Crippen molar-refractivity contribution in [2.75, 3.05) is 7.05 Å². The lowest BCUT2D eigenvalue weighted by Crippen LogP contribution is -2.83. The van der Waals surface area contributed by atoms with E-state index < -0.39 is 137 Å². The van der Waals surface area contributed by atoms with Crippen LogP contribution < -0.4 is 0 Å². The lowest BCUT2D eigenvalue weighted by Gasteiger charge is -2.71. The van der Waals surface area contributed by atoms with Crippen LogP contribution in [0, 0.1) is 39.9 Å². The molecule has 7 bridgehead atoms. The van der Waals surface area contributed by atoms with Crippen molar-refractivity contribution < 1.29 is 71.5 Å². The van der Waals surface area contributed by atoms with Crippen LogP contribution in [0.2, 0.25) is 0 Å². The quantitative estimate of drug-likeness (QED) is 0.146. The van der Waals surface area contributed by atoms with Crippen LogP contribution in [0.3, 0.4) is 0 Å². The number of fused-ring (bicyclic) bond motifs is 1. The molecule has 8 aliphatic rings. The maximum absolute atomic E-state index is 14.2. The van der Waals surface area contributed by atoms with Crippen molar-refractivity contribution in [3.63, 3.8) is 0 Å². The number of rotatable bonds is 10. The fourth-order valence-electron chi connectivity index (χ4n) is 13.3. The number of likely N-dealkylation sites (N-methyl/N-ethyl adjacent to an activating group) is 1. The van der Waals surface area contributed by atoms with Crippen molar-refractivity contribution in [1.82, 2.24) is 4.90 Å². The van der Waals surface area contributed by atoms with Gasteiger partial charge in [0.05, 0.1) is 33.9 Å². The van der Waals surface area contributed by atoms with Crippen LogP contribution >= 0.6 is 0 Å². The molecule has 10 rings (SSSR count). The molecular weight excluding hydrogens is 794 g/mol. The summed E-state index contributed by atoms with van der Waals surface area (Å²) in [6.07, 6.45) is -9.44. The first-order valence-electron chi connectivity index (χ1n) is 20.1. The zero-order valence-electron chi connectivity index (χ0n) is 34.6. The third kappa shape index (κ3) is 5.66. The largest absolute Gasteiger partial charge is 0.461 e. The van der Waals surface area contributed by atoms with Gasteiger partial charge in [0.1, 0.15) is 30.7 Å². The third-order valence-corrected chi connectivity index (χ3v) is 14.3. The van der Waals surface area contributed by atoms with Crippen LogP contribution in [0.25, 0.3) is 0 Å². The lowest BCUT2D eigenvalue weighted by atomic mass is 9.36. The van der Waals surface area contributed by atoms with Crippen molar-refractivity contribution in [1.29, 1.82) is 0 Å². The number of piperidine rings is 1. The summed E-state index contributed by atoms with van der Waals surface area (Å²) < 4.78 is 44.3. The predicted octanol–water partition coefficient (Wildman–Crippen LogP) is 3.05. The van der Waals surface area contributed by atoms with E-state index >= 15 is 0 Å². The third-order valence-electron chi connectivity index (χ3n) is 14.3. The maximum Gasteiger partial charge on any atom is 0.338 e. The van der Waals surface area contributed by atoms with Crippen molar-refractivity contribution in [2.45, 2.75) is 96.4 Å². The van der Waals surface area contributed by atoms with Crippen molar-refractivity contribution in [3.05, 3.63) is 83.9 Å². The Hall–Kier alpha value is -5.90. The van der Waals surface area contributed by atoms with E-state index in [1.807, 2.05) is 4.90 Å². The maximum atomic E-state index is 14.2. The molecular formula is C45H47NO15. The van der Waals surface area contributed by atoms with E-state index in [0.717, 1.165) is 13.8 Å². The summed E-state index contributed by atoms with van der Waals surface area (Å²) >= 11 is 0. The standard InChI is InChI=1S/C45H47NO15/c1-20-28-31(60-41(53)26-15-11-9-12-16-26)29-36-45-34(30(46(36)8)38(57-23(4)50)44(29,37(20)56-22(3)49)35(45)32(28)55-21(2)48)43(7,19-47)39(58-24(5)51)33(40(45)59-25(6)52)61-42(54)27-17-13-10-14-18-27/h9-19,28-40H,1H2,2-8H3/t28-,29+,30+,31+,32+,33-,34+,35+,36+,37-,38+,39-,40+,43-,44-,45+/m0/s1. The molecule has 0 aromatic heterocycles. The number of aldehydes is 1. The highest BCUT2D eigenvalue weighted by molar-refractivity contribution is 5.90. The molecule has 2 spiro atoms. The van der Waals surface area contributed by atoms with E-state index in [9.17, 15) is 38.4 Å². The summed E-state index contributed by atoms with van der Waals surface area (Å²) in [6.45, 7) is 11.8. The highest BCUT2D eigenvalue weighted by Gasteiger charge is 2.97. The van der Waals surface area contributed by atoms with Crippen LogP contribution in [0.15, 0.2) is 72.8 Å². The van der Waals surface area contributed by atoms with Crippen LogP contribution in [-0.4, -0.2) is 115 Å². The Labute approximate surface area is 351 Å². The zero-order chi connectivity index (χ0) is 44.1. The average molecular weight is 842 g/mol. The molecule has 8 fully saturated rings. The highest BCUT2D eigenvalue weighted by atomic mass is 16.6. The van der Waals surface area contributed by atoms with Gasteiger partial charge in [0.2, 0.25) is 0 Å². The number of esters is 7. The van der Waals surface area contributed by atoms with E-state index in [0.29, 0.717) is 6.29 Å². The summed E-state index contributed by atoms with van der Waals surface area (Å²) in [6, 6.07) is 14.1. The van der Waals surface area contributed by atoms with E-state index in [1.165, 1.54) is 39.8 Å². The van der Waals surface area contributed by atoms with Gasteiger partial charge in [-0.25, -0.2) is 9.59 Å². The van der Waals surface area contributed by atoms with Crippen molar-refractivity contribution in [3.8, 4) is 0 Å². The SMILES string of the molecule is C=C1[C@H]2[C@@H](OC(=O)c3ccccc3)[C@@H]3[C@H]4N(C)[C@H]5[C@@H](OC(C)=O)[C@@]3([C@@H]([C@@H]2OC(C)=O)[C@@]42[C@H](OC(C)=O)[C@@H](OC(=O)c3ccccc3)[C@H](OC(C)=O)[C@@](C)(C=O)[C@@H]52)[C@H]1OC(C)=O. The van der Waals surface area contributed by atoms with Crippen LogP contribution in [0.1, 0.15) is 62.3 Å². The number of ether oxygens (including phenoxy) is 7. The minimum absolute atomic E-state index is 0.0932. The first kappa shape index (κ1) is 41.8. The second-order valence-corrected chi connectivity index (χ2v) is 17.3. The molecule has 2 aromatic rings. The zero-order valence-corrected chi connectivity index (χ0v) is 34.6. The second kappa shape index (κ2) is 14.6. The van der Waals surface area contributed by atoms with Gasteiger partial charge in [0.25, 0.3) is 0 Å². The molecule has 322 valence electrons. The van der Waals surface area contributed by atoms with E-state index in [-0.39, 0.29) is 16.7 Å². The number of carbonyl (C=O) groups excluding carboxylic acids is 8. The topological polar surface area (TPSA) is 204 Å². The molecule has 16 atom stereocenters. The minimum Gasteiger partial charge on any atom is -0.461 e. The van der Waals surface area contributed by atoms with Crippen molar-refractivity contribution in [2.24, 2.45) is 39.9 Å². The minimum atomic E-state index is -1.83. The summed E-state index contributed by atoms with van der Waals surface area (Å²) in [4.78, 5) is 111. The highest BCUT2D eigenvalue weighted by Crippen LogP contribution is 2.86. The Bertz CT molecular complexity index is 2230. The Kier molecular flexibility index (Phi) is 10.0. The van der Waals surface area contributed by atoms with Gasteiger partial charge in [-0.15, -0.1) is 0 Å². The molecule has 0 amide bonds. The number of hydrogen-bond acceptors (Lipinski definition) is 16. The fraction of sp³-hybridized carbons (Fsp3) is 0.511. The van der Waals surface area contributed by atoms with Gasteiger partial charge in [0, 0.05) is 63.8 Å². The Morgan fingerprint density at radius 3 is 1.56 bits per heavy atom. The Morgan fingerprint density at radius 1 is 0.590 bits per heavy atom. The molecule has 6 saturated carbocycles. The van der Waals surface area contributed by atoms with Gasteiger partial charge >= 0.3 is 41.8 Å². The smallest absolute Gasteiger partial charge is 0.338 e. The summed E-state index contributed by atoms with van der Waals surface area (Å²) in [7, 11) is 1.72. The van der Waals surface area contributed by atoms with Gasteiger partial charge in [0.15, 0.2) is 18.3 Å². The molecule has 16 nitrogen and oxygen atoms in total. The molecule has 16 heteroatoms. The monoisotopic (exact) mass is 841 g/mol. The molecule has 2 heterocycles. The Balaban J connectivity index is 1.48. The van der Waals surface area contributed by atoms with Gasteiger partial charge < -0.3 is 38.0 Å². The van der Waals surface area contributed by atoms with Gasteiger partial charge in [-0.05, 0) is 43.8 Å². The summed E-state index contributed by atoms with van der Waals surface area (Å²) in [5.74, 6) is -9.91. The molecule has 2 aliphatic heterocycles. The lowest BCUT2D eigenvalue weighted by molar-refractivity contribution is -0.321. The molecule has 0 unspecified atom stereocenters. The van der Waals surface area contributed by atoms with Crippen LogP contribution in [0.5, 0.6) is 0 Å². The Morgan fingerprint density at radius 2 is 1.07 bits per heavy atom. The molecule has 61 heavy (non-hydrogen) atoms. The molecule has 6 aliphatic carbocycles. The molecule has 2 aromatic carbocycles. The average Bonchev–Trinajstić information content (AvgIpc) is 3.52. The molecule has 0 N–H and O–H groups in total. The number of benzene rings is 2. The number of hydrogen-bond donors (Lipinski definition) is 0. The van der Waals surface area contributed by atoms with E-state index in [1.54, 1.807) is 55.6 Å². The summed E-state index contributed by atoms with van der Waals surface area (Å²) in [5.41, 5.74) is -4.65. The van der Waals surface area contributed by atoms with Crippen molar-refractivity contribution >= 4 is 48.1 Å². The molecule has 0 radical (unpaired) electrons. The second-order valence-electron chi connectivity index (χ2n) is 17.3. The number of nitrogens with zero attached hydrogens (tertiary/aromatic N) is 1. The number of carbonyl (C=O) groups is 8. The van der Waals surface area contributed by atoms with Gasteiger partial charge in [-0.3, -0.25) is 28.9 Å². The van der Waals surface area contributed by atoms with Crippen LogP contribution in [0.4, 0.5) is 0 Å². The fourth-order valence-corrected chi connectivity index (χ4v) is 13.3. The molecule has 2 saturated heterocycles.